The Morgan fingerprint density at radius 1 is 1.50 bits per heavy atom. The molecule has 1 saturated heterocycles. The number of rotatable bonds is 2. The largest absolute Gasteiger partial charge is 0.370 e. The molecule has 0 spiro atoms. The van der Waals surface area contributed by atoms with Gasteiger partial charge >= 0.3 is 0 Å². The molecule has 2 unspecified atom stereocenters. The third-order valence-corrected chi connectivity index (χ3v) is 3.24. The van der Waals surface area contributed by atoms with Crippen LogP contribution in [0.1, 0.15) is 13.3 Å². The number of hydrogen-bond donors (Lipinski definition) is 1. The zero-order chi connectivity index (χ0) is 13.0. The van der Waals surface area contributed by atoms with Gasteiger partial charge < -0.3 is 10.2 Å². The highest BCUT2D eigenvalue weighted by atomic mass is 19.1. The van der Waals surface area contributed by atoms with Crippen molar-refractivity contribution in [3.63, 3.8) is 0 Å². The minimum absolute atomic E-state index is 0.156. The SMILES string of the molecule is CC1CNC(CC#N)CN(c2cccc(F)c2)C1. The molecule has 1 aliphatic heterocycles. The maximum atomic E-state index is 13.3. The van der Waals surface area contributed by atoms with Crippen LogP contribution in [0.15, 0.2) is 24.3 Å². The maximum absolute atomic E-state index is 13.3. The van der Waals surface area contributed by atoms with Crippen molar-refractivity contribution in [1.82, 2.24) is 5.32 Å². The van der Waals surface area contributed by atoms with E-state index in [1.54, 1.807) is 12.1 Å². The van der Waals surface area contributed by atoms with Gasteiger partial charge in [0.05, 0.1) is 12.5 Å². The fourth-order valence-electron chi connectivity index (χ4n) is 2.34. The predicted octanol–water partition coefficient (Wildman–Crippen LogP) is 2.15. The normalized spacial score (nSPS) is 24.4. The third kappa shape index (κ3) is 3.21. The monoisotopic (exact) mass is 247 g/mol. The highest BCUT2D eigenvalue weighted by molar-refractivity contribution is 5.47. The van der Waals surface area contributed by atoms with Crippen LogP contribution in [0.25, 0.3) is 0 Å². The van der Waals surface area contributed by atoms with Crippen molar-refractivity contribution in [2.45, 2.75) is 19.4 Å². The van der Waals surface area contributed by atoms with Crippen molar-refractivity contribution in [3.8, 4) is 6.07 Å². The van der Waals surface area contributed by atoms with Crippen LogP contribution >= 0.6 is 0 Å². The Morgan fingerprint density at radius 3 is 3.06 bits per heavy atom. The summed E-state index contributed by atoms with van der Waals surface area (Å²) in [5.41, 5.74) is 0.897. The van der Waals surface area contributed by atoms with Crippen LogP contribution < -0.4 is 10.2 Å². The molecule has 1 fully saturated rings. The molecule has 1 aromatic rings. The van der Waals surface area contributed by atoms with Gasteiger partial charge in [-0.2, -0.15) is 5.26 Å². The summed E-state index contributed by atoms with van der Waals surface area (Å²) in [5, 5.41) is 12.2. The molecule has 1 aliphatic rings. The Labute approximate surface area is 107 Å². The molecule has 0 amide bonds. The molecule has 0 bridgehead atoms. The molecule has 96 valence electrons. The number of anilines is 1. The fourth-order valence-corrected chi connectivity index (χ4v) is 2.34. The Morgan fingerprint density at radius 2 is 2.33 bits per heavy atom. The summed E-state index contributed by atoms with van der Waals surface area (Å²) in [5.74, 6) is 0.270. The summed E-state index contributed by atoms with van der Waals surface area (Å²) in [7, 11) is 0. The molecular formula is C14H18FN3. The van der Waals surface area contributed by atoms with Crippen LogP contribution in [0.3, 0.4) is 0 Å². The first kappa shape index (κ1) is 12.8. The first-order valence-corrected chi connectivity index (χ1v) is 6.30. The molecule has 1 aromatic carbocycles. The van der Waals surface area contributed by atoms with Crippen molar-refractivity contribution in [2.75, 3.05) is 24.5 Å². The van der Waals surface area contributed by atoms with Gasteiger partial charge in [-0.05, 0) is 30.7 Å². The lowest BCUT2D eigenvalue weighted by Crippen LogP contribution is -2.37. The second-order valence-corrected chi connectivity index (χ2v) is 4.96. The molecule has 1 N–H and O–H groups in total. The summed E-state index contributed by atoms with van der Waals surface area (Å²) in [6.45, 7) is 4.70. The summed E-state index contributed by atoms with van der Waals surface area (Å²) in [6, 6.07) is 9.02. The van der Waals surface area contributed by atoms with E-state index in [4.69, 9.17) is 5.26 Å². The number of nitriles is 1. The van der Waals surface area contributed by atoms with E-state index < -0.39 is 0 Å². The van der Waals surface area contributed by atoms with E-state index in [2.05, 4.69) is 23.2 Å². The van der Waals surface area contributed by atoms with E-state index in [0.29, 0.717) is 12.3 Å². The Hall–Kier alpha value is -1.60. The Balaban J connectivity index is 2.16. The third-order valence-electron chi connectivity index (χ3n) is 3.24. The van der Waals surface area contributed by atoms with E-state index in [1.165, 1.54) is 6.07 Å². The van der Waals surface area contributed by atoms with E-state index in [0.717, 1.165) is 25.3 Å². The zero-order valence-corrected chi connectivity index (χ0v) is 10.6. The van der Waals surface area contributed by atoms with E-state index >= 15 is 0 Å². The molecule has 4 heteroatoms. The van der Waals surface area contributed by atoms with Gasteiger partial charge in [-0.25, -0.2) is 4.39 Å². The fraction of sp³-hybridized carbons (Fsp3) is 0.500. The average molecular weight is 247 g/mol. The predicted molar refractivity (Wildman–Crippen MR) is 69.8 cm³/mol. The molecular weight excluding hydrogens is 229 g/mol. The molecule has 2 atom stereocenters. The number of hydrogen-bond acceptors (Lipinski definition) is 3. The number of halogens is 1. The van der Waals surface area contributed by atoms with E-state index in [-0.39, 0.29) is 11.9 Å². The first-order chi connectivity index (χ1) is 8.69. The molecule has 0 saturated carbocycles. The lowest BCUT2D eigenvalue weighted by Gasteiger charge is -2.26. The standard InChI is InChI=1S/C14H18FN3/c1-11-8-17-13(5-6-16)10-18(9-11)14-4-2-3-12(15)7-14/h2-4,7,11,13,17H,5,8-10H2,1H3. The molecule has 0 radical (unpaired) electrons. The van der Waals surface area contributed by atoms with Crippen molar-refractivity contribution >= 4 is 5.69 Å². The van der Waals surface area contributed by atoms with Gasteiger partial charge in [-0.15, -0.1) is 0 Å². The van der Waals surface area contributed by atoms with Crippen molar-refractivity contribution in [1.29, 1.82) is 5.26 Å². The number of nitrogens with one attached hydrogen (secondary N) is 1. The van der Waals surface area contributed by atoms with Gasteiger partial charge in [0.25, 0.3) is 0 Å². The van der Waals surface area contributed by atoms with Crippen molar-refractivity contribution < 1.29 is 4.39 Å². The zero-order valence-electron chi connectivity index (χ0n) is 10.6. The van der Waals surface area contributed by atoms with Gasteiger partial charge in [0.15, 0.2) is 0 Å². The topological polar surface area (TPSA) is 39.1 Å². The van der Waals surface area contributed by atoms with Crippen LogP contribution in [0.2, 0.25) is 0 Å². The Bertz CT molecular complexity index is 441. The van der Waals surface area contributed by atoms with E-state index in [9.17, 15) is 4.39 Å². The quantitative estimate of drug-likeness (QED) is 0.870. The van der Waals surface area contributed by atoms with Crippen LogP contribution in [-0.2, 0) is 0 Å². The summed E-state index contributed by atoms with van der Waals surface area (Å²) < 4.78 is 13.3. The molecule has 2 rings (SSSR count). The molecule has 0 aliphatic carbocycles. The van der Waals surface area contributed by atoms with Crippen LogP contribution in [0, 0.1) is 23.1 Å². The second-order valence-electron chi connectivity index (χ2n) is 4.96. The second kappa shape index (κ2) is 5.83. The van der Waals surface area contributed by atoms with Gasteiger partial charge in [-0.1, -0.05) is 13.0 Å². The molecule has 3 nitrogen and oxygen atoms in total. The van der Waals surface area contributed by atoms with Gasteiger partial charge in [0, 0.05) is 24.8 Å². The first-order valence-electron chi connectivity index (χ1n) is 6.30. The Kier molecular flexibility index (Phi) is 4.16. The minimum Gasteiger partial charge on any atom is -0.370 e. The minimum atomic E-state index is -0.214. The van der Waals surface area contributed by atoms with Crippen LogP contribution in [-0.4, -0.2) is 25.7 Å². The average Bonchev–Trinajstić information content (AvgIpc) is 2.52. The van der Waals surface area contributed by atoms with Crippen LogP contribution in [0.4, 0.5) is 10.1 Å². The van der Waals surface area contributed by atoms with Crippen LogP contribution in [0.5, 0.6) is 0 Å². The lowest BCUT2D eigenvalue weighted by molar-refractivity contribution is 0.509. The van der Waals surface area contributed by atoms with Gasteiger partial charge in [0.1, 0.15) is 5.82 Å². The summed E-state index contributed by atoms with van der Waals surface area (Å²) >= 11 is 0. The molecule has 18 heavy (non-hydrogen) atoms. The highest BCUT2D eigenvalue weighted by Gasteiger charge is 2.21. The number of benzene rings is 1. The maximum Gasteiger partial charge on any atom is 0.125 e. The highest BCUT2D eigenvalue weighted by Crippen LogP contribution is 2.19. The smallest absolute Gasteiger partial charge is 0.125 e. The molecule has 0 aromatic heterocycles. The summed E-state index contributed by atoms with van der Waals surface area (Å²) in [6.07, 6.45) is 0.485. The number of nitrogens with zero attached hydrogens (tertiary/aromatic N) is 2. The lowest BCUT2D eigenvalue weighted by atomic mass is 10.1. The summed E-state index contributed by atoms with van der Waals surface area (Å²) in [4.78, 5) is 2.16. The van der Waals surface area contributed by atoms with Crippen molar-refractivity contribution in [2.24, 2.45) is 5.92 Å². The van der Waals surface area contributed by atoms with E-state index in [1.807, 2.05) is 6.07 Å². The van der Waals surface area contributed by atoms with Crippen molar-refractivity contribution in [3.05, 3.63) is 30.1 Å². The molecule has 1 heterocycles. The van der Waals surface area contributed by atoms with Gasteiger partial charge in [-0.3, -0.25) is 0 Å². The van der Waals surface area contributed by atoms with Gasteiger partial charge in [0.2, 0.25) is 0 Å².